The van der Waals surface area contributed by atoms with Crippen molar-refractivity contribution in [2.24, 2.45) is 5.41 Å². The van der Waals surface area contributed by atoms with Crippen LogP contribution in [0.1, 0.15) is 42.1 Å². The first kappa shape index (κ1) is 18.9. The maximum absolute atomic E-state index is 13.3. The minimum absolute atomic E-state index is 0.0230. The molecule has 0 spiro atoms. The molecule has 0 unspecified atom stereocenters. The van der Waals surface area contributed by atoms with Gasteiger partial charge in [0, 0.05) is 24.5 Å². The van der Waals surface area contributed by atoms with Crippen molar-refractivity contribution in [2.75, 3.05) is 6.61 Å². The summed E-state index contributed by atoms with van der Waals surface area (Å²) in [6, 6.07) is 11.4. The van der Waals surface area contributed by atoms with Gasteiger partial charge in [0.25, 0.3) is 5.91 Å². The molecule has 0 aliphatic carbocycles. The van der Waals surface area contributed by atoms with E-state index in [1.807, 2.05) is 42.2 Å². The van der Waals surface area contributed by atoms with E-state index in [9.17, 15) is 9.59 Å². The van der Waals surface area contributed by atoms with Crippen LogP contribution in [0.3, 0.4) is 0 Å². The second kappa shape index (κ2) is 7.55. The molecule has 0 saturated carbocycles. The first-order valence-corrected chi connectivity index (χ1v) is 10.1. The minimum atomic E-state index is -0.713. The molecule has 0 radical (unpaired) electrons. The summed E-state index contributed by atoms with van der Waals surface area (Å²) in [5, 5.41) is 0.337. The molecule has 4 rings (SSSR count). The molecule has 2 aliphatic heterocycles. The summed E-state index contributed by atoms with van der Waals surface area (Å²) < 4.78 is 5.50. The Balaban J connectivity index is 1.70. The Bertz CT molecular complexity index is 888. The van der Waals surface area contributed by atoms with Gasteiger partial charge in [-0.05, 0) is 44.2 Å². The molecule has 1 aromatic carbocycles. The van der Waals surface area contributed by atoms with Crippen LogP contribution in [0.15, 0.2) is 48.8 Å². The highest BCUT2D eigenvalue weighted by Crippen LogP contribution is 2.53. The minimum Gasteiger partial charge on any atom is -0.465 e. The van der Waals surface area contributed by atoms with E-state index in [0.717, 1.165) is 18.4 Å². The molecule has 3 atom stereocenters. The smallest absolute Gasteiger partial charge is 0.314 e. The summed E-state index contributed by atoms with van der Waals surface area (Å²) >= 11 is 6.22. The number of benzene rings is 1. The highest BCUT2D eigenvalue weighted by Gasteiger charge is 2.62. The lowest BCUT2D eigenvalue weighted by Crippen LogP contribution is -2.47. The Labute approximate surface area is 169 Å². The molecule has 6 heteroatoms. The van der Waals surface area contributed by atoms with E-state index in [0.29, 0.717) is 30.0 Å². The fourth-order valence-electron chi connectivity index (χ4n) is 4.89. The third kappa shape index (κ3) is 3.08. The molecule has 5 nitrogen and oxygen atoms in total. The second-order valence-corrected chi connectivity index (χ2v) is 7.97. The standard InChI is InChI=1S/C22H23ClN2O3/c1-2-28-21(27)22(12-15-6-4-3-5-7-15)13-16-8-9-19(22)25(16)20(26)17-10-11-24-14-18(17)23/h3-7,10-11,14,16,19H,2,8-9,12-13H2,1H3/t16-,19+,22+/m1/s1. The molecule has 2 aliphatic rings. The van der Waals surface area contributed by atoms with E-state index >= 15 is 0 Å². The first-order chi connectivity index (χ1) is 13.6. The SMILES string of the molecule is CCOC(=O)[C@@]1(Cc2ccccc2)C[C@H]2CC[C@@H]1N2C(=O)c1ccncc1Cl. The number of hydrogen-bond donors (Lipinski definition) is 0. The van der Waals surface area contributed by atoms with Crippen molar-refractivity contribution in [3.63, 3.8) is 0 Å². The Morgan fingerprint density at radius 1 is 1.25 bits per heavy atom. The predicted molar refractivity (Wildman–Crippen MR) is 106 cm³/mol. The highest BCUT2D eigenvalue weighted by molar-refractivity contribution is 6.33. The van der Waals surface area contributed by atoms with Crippen molar-refractivity contribution in [1.82, 2.24) is 9.88 Å². The Morgan fingerprint density at radius 3 is 2.75 bits per heavy atom. The van der Waals surface area contributed by atoms with Gasteiger partial charge in [-0.3, -0.25) is 14.6 Å². The summed E-state index contributed by atoms with van der Waals surface area (Å²) in [6.45, 7) is 2.15. The van der Waals surface area contributed by atoms with Gasteiger partial charge in [-0.25, -0.2) is 0 Å². The third-order valence-electron chi connectivity index (χ3n) is 6.02. The van der Waals surface area contributed by atoms with Crippen LogP contribution in [0, 0.1) is 5.41 Å². The molecule has 2 fully saturated rings. The number of halogens is 1. The molecule has 2 bridgehead atoms. The molecule has 146 valence electrons. The van der Waals surface area contributed by atoms with Crippen LogP contribution >= 0.6 is 11.6 Å². The van der Waals surface area contributed by atoms with Crippen LogP contribution in [0.5, 0.6) is 0 Å². The van der Waals surface area contributed by atoms with Gasteiger partial charge in [0.2, 0.25) is 0 Å². The summed E-state index contributed by atoms with van der Waals surface area (Å²) in [4.78, 5) is 32.3. The zero-order valence-electron chi connectivity index (χ0n) is 15.8. The lowest BCUT2D eigenvalue weighted by atomic mass is 9.70. The van der Waals surface area contributed by atoms with Crippen LogP contribution in [0.2, 0.25) is 5.02 Å². The van der Waals surface area contributed by atoms with E-state index in [1.165, 1.54) is 6.20 Å². The largest absolute Gasteiger partial charge is 0.465 e. The maximum atomic E-state index is 13.3. The van der Waals surface area contributed by atoms with E-state index in [1.54, 1.807) is 12.3 Å². The number of nitrogens with zero attached hydrogens (tertiary/aromatic N) is 2. The Hall–Kier alpha value is -2.40. The average Bonchev–Trinajstić information content (AvgIpc) is 3.25. The molecule has 3 heterocycles. The predicted octanol–water partition coefficient (Wildman–Crippen LogP) is 3.90. The van der Waals surface area contributed by atoms with Crippen LogP contribution < -0.4 is 0 Å². The van der Waals surface area contributed by atoms with Crippen LogP contribution in [0.4, 0.5) is 0 Å². The van der Waals surface area contributed by atoms with Gasteiger partial charge in [-0.15, -0.1) is 0 Å². The quantitative estimate of drug-likeness (QED) is 0.716. The summed E-state index contributed by atoms with van der Waals surface area (Å²) in [5.41, 5.74) is 0.806. The van der Waals surface area contributed by atoms with E-state index in [4.69, 9.17) is 16.3 Å². The van der Waals surface area contributed by atoms with Crippen molar-refractivity contribution in [1.29, 1.82) is 0 Å². The number of carbonyl (C=O) groups excluding carboxylic acids is 2. The number of ether oxygens (including phenoxy) is 1. The molecule has 1 aromatic heterocycles. The normalized spacial score (nSPS) is 25.7. The average molecular weight is 399 g/mol. The van der Waals surface area contributed by atoms with E-state index in [-0.39, 0.29) is 24.0 Å². The Kier molecular flexibility index (Phi) is 5.11. The van der Waals surface area contributed by atoms with Gasteiger partial charge in [0.1, 0.15) is 0 Å². The first-order valence-electron chi connectivity index (χ1n) is 9.70. The lowest BCUT2D eigenvalue weighted by molar-refractivity contribution is -0.157. The van der Waals surface area contributed by atoms with Crippen LogP contribution in [-0.2, 0) is 16.0 Å². The number of esters is 1. The topological polar surface area (TPSA) is 59.5 Å². The number of rotatable bonds is 5. The van der Waals surface area contributed by atoms with E-state index < -0.39 is 5.41 Å². The highest BCUT2D eigenvalue weighted by atomic mass is 35.5. The number of amides is 1. The van der Waals surface area contributed by atoms with Gasteiger partial charge >= 0.3 is 5.97 Å². The maximum Gasteiger partial charge on any atom is 0.314 e. The monoisotopic (exact) mass is 398 g/mol. The molecular weight excluding hydrogens is 376 g/mol. The van der Waals surface area contributed by atoms with Crippen LogP contribution in [0.25, 0.3) is 0 Å². The fraction of sp³-hybridized carbons (Fsp3) is 0.409. The van der Waals surface area contributed by atoms with Gasteiger partial charge in [-0.1, -0.05) is 41.9 Å². The van der Waals surface area contributed by atoms with E-state index in [2.05, 4.69) is 4.98 Å². The fourth-order valence-corrected chi connectivity index (χ4v) is 5.09. The van der Waals surface area contributed by atoms with Gasteiger partial charge < -0.3 is 9.64 Å². The number of carbonyl (C=O) groups is 2. The summed E-state index contributed by atoms with van der Waals surface area (Å²) in [6.07, 6.45) is 5.94. The molecule has 0 N–H and O–H groups in total. The van der Waals surface area contributed by atoms with Crippen molar-refractivity contribution >= 4 is 23.5 Å². The van der Waals surface area contributed by atoms with Crippen molar-refractivity contribution in [3.05, 3.63) is 64.9 Å². The third-order valence-corrected chi connectivity index (χ3v) is 6.32. The second-order valence-electron chi connectivity index (χ2n) is 7.56. The van der Waals surface area contributed by atoms with Crippen molar-refractivity contribution < 1.29 is 14.3 Å². The molecule has 28 heavy (non-hydrogen) atoms. The molecular formula is C22H23ClN2O3. The summed E-state index contributed by atoms with van der Waals surface area (Å²) in [7, 11) is 0. The zero-order chi connectivity index (χ0) is 19.7. The number of hydrogen-bond acceptors (Lipinski definition) is 4. The number of aromatic nitrogens is 1. The van der Waals surface area contributed by atoms with Crippen molar-refractivity contribution in [3.8, 4) is 0 Å². The number of fused-ring (bicyclic) bond motifs is 2. The van der Waals surface area contributed by atoms with Crippen LogP contribution in [-0.4, -0.2) is 40.5 Å². The Morgan fingerprint density at radius 2 is 2.04 bits per heavy atom. The molecule has 2 saturated heterocycles. The van der Waals surface area contributed by atoms with Crippen molar-refractivity contribution in [2.45, 2.75) is 44.7 Å². The lowest BCUT2D eigenvalue weighted by Gasteiger charge is -2.35. The zero-order valence-corrected chi connectivity index (χ0v) is 16.6. The van der Waals surface area contributed by atoms with Gasteiger partial charge in [0.15, 0.2) is 0 Å². The molecule has 1 amide bonds. The summed E-state index contributed by atoms with van der Waals surface area (Å²) in [5.74, 6) is -0.330. The van der Waals surface area contributed by atoms with Gasteiger partial charge in [-0.2, -0.15) is 0 Å². The van der Waals surface area contributed by atoms with Gasteiger partial charge in [0.05, 0.1) is 22.6 Å². The molecule has 2 aromatic rings. The number of pyridine rings is 1.